The molecule has 4 heteroatoms. The molecule has 132 valence electrons. The van der Waals surface area contributed by atoms with Crippen molar-refractivity contribution < 1.29 is 9.47 Å². The van der Waals surface area contributed by atoms with Crippen LogP contribution in [0.2, 0.25) is 0 Å². The molecule has 0 aliphatic rings. The van der Waals surface area contributed by atoms with Crippen LogP contribution in [0.25, 0.3) is 0 Å². The molecule has 2 aromatic rings. The van der Waals surface area contributed by atoms with Crippen LogP contribution < -0.4 is 14.8 Å². The van der Waals surface area contributed by atoms with Crippen LogP contribution in [-0.2, 0) is 6.42 Å². The van der Waals surface area contributed by atoms with E-state index in [2.05, 4.69) is 36.5 Å². The minimum atomic E-state index is 0. The summed E-state index contributed by atoms with van der Waals surface area (Å²) in [7, 11) is 1.67. The second-order valence-corrected chi connectivity index (χ2v) is 5.72. The molecule has 2 aromatic carbocycles. The highest BCUT2D eigenvalue weighted by Gasteiger charge is 1.97. The SMILES string of the molecule is COc1cccc(OCCCNCCCc2ccc(C)cc2)c1.Cl. The Hall–Kier alpha value is -1.71. The van der Waals surface area contributed by atoms with E-state index in [1.807, 2.05) is 24.3 Å². The number of halogens is 1. The Morgan fingerprint density at radius 1 is 0.917 bits per heavy atom. The lowest BCUT2D eigenvalue weighted by Crippen LogP contribution is -2.19. The fraction of sp³-hybridized carbons (Fsp3) is 0.400. The van der Waals surface area contributed by atoms with E-state index in [-0.39, 0.29) is 12.4 Å². The maximum absolute atomic E-state index is 5.72. The molecule has 0 atom stereocenters. The van der Waals surface area contributed by atoms with Crippen molar-refractivity contribution in [3.05, 3.63) is 59.7 Å². The third-order valence-electron chi connectivity index (χ3n) is 3.75. The standard InChI is InChI=1S/C20H27NO2.ClH/c1-17-9-11-18(12-10-17)6-4-13-21-14-5-15-23-20-8-3-7-19(16-20)22-2;/h3,7-12,16,21H,4-6,13-15H2,1-2H3;1H. The summed E-state index contributed by atoms with van der Waals surface area (Å²) < 4.78 is 10.9. The van der Waals surface area contributed by atoms with Crippen LogP contribution in [0.3, 0.4) is 0 Å². The maximum atomic E-state index is 5.72. The van der Waals surface area contributed by atoms with Crippen LogP contribution in [0.1, 0.15) is 24.0 Å². The molecule has 24 heavy (non-hydrogen) atoms. The molecule has 2 rings (SSSR count). The topological polar surface area (TPSA) is 30.5 Å². The third kappa shape index (κ3) is 7.71. The molecule has 0 saturated heterocycles. The van der Waals surface area contributed by atoms with E-state index in [4.69, 9.17) is 9.47 Å². The first kappa shape index (κ1) is 20.3. The Balaban J connectivity index is 0.00000288. The van der Waals surface area contributed by atoms with Crippen LogP contribution in [0.15, 0.2) is 48.5 Å². The summed E-state index contributed by atoms with van der Waals surface area (Å²) in [5.74, 6) is 1.69. The lowest BCUT2D eigenvalue weighted by Gasteiger charge is -2.08. The van der Waals surface area contributed by atoms with Crippen LogP contribution in [-0.4, -0.2) is 26.8 Å². The van der Waals surface area contributed by atoms with Gasteiger partial charge >= 0.3 is 0 Å². The van der Waals surface area contributed by atoms with Gasteiger partial charge in [0.05, 0.1) is 13.7 Å². The molecule has 0 fully saturated rings. The van der Waals surface area contributed by atoms with E-state index >= 15 is 0 Å². The average Bonchev–Trinajstić information content (AvgIpc) is 2.59. The van der Waals surface area contributed by atoms with Gasteiger partial charge in [-0.25, -0.2) is 0 Å². The summed E-state index contributed by atoms with van der Waals surface area (Å²) in [5, 5.41) is 3.47. The van der Waals surface area contributed by atoms with Gasteiger partial charge in [-0.1, -0.05) is 35.9 Å². The number of ether oxygens (including phenoxy) is 2. The van der Waals surface area contributed by atoms with E-state index in [0.717, 1.165) is 44.0 Å². The Morgan fingerprint density at radius 3 is 2.38 bits per heavy atom. The predicted octanol–water partition coefficient (Wildman–Crippen LogP) is 4.42. The summed E-state index contributed by atoms with van der Waals surface area (Å²) in [6.45, 7) is 4.88. The molecular weight excluding hydrogens is 322 g/mol. The molecule has 1 N–H and O–H groups in total. The highest BCUT2D eigenvalue weighted by atomic mass is 35.5. The minimum Gasteiger partial charge on any atom is -0.497 e. The summed E-state index contributed by atoms with van der Waals surface area (Å²) >= 11 is 0. The molecule has 3 nitrogen and oxygen atoms in total. The van der Waals surface area contributed by atoms with Gasteiger partial charge in [-0.3, -0.25) is 0 Å². The van der Waals surface area contributed by atoms with Gasteiger partial charge in [-0.05, 0) is 57.0 Å². The second kappa shape index (κ2) is 11.8. The highest BCUT2D eigenvalue weighted by molar-refractivity contribution is 5.85. The van der Waals surface area contributed by atoms with Crippen molar-refractivity contribution in [1.29, 1.82) is 0 Å². The van der Waals surface area contributed by atoms with E-state index in [0.29, 0.717) is 0 Å². The second-order valence-electron chi connectivity index (χ2n) is 5.72. The highest BCUT2D eigenvalue weighted by Crippen LogP contribution is 2.18. The zero-order chi connectivity index (χ0) is 16.3. The van der Waals surface area contributed by atoms with E-state index in [9.17, 15) is 0 Å². The van der Waals surface area contributed by atoms with E-state index < -0.39 is 0 Å². The van der Waals surface area contributed by atoms with Crippen LogP contribution in [0.5, 0.6) is 11.5 Å². The van der Waals surface area contributed by atoms with Crippen molar-refractivity contribution >= 4 is 12.4 Å². The molecule has 0 spiro atoms. The Bertz CT molecular complexity index is 572. The van der Waals surface area contributed by atoms with Gasteiger partial charge in [0.2, 0.25) is 0 Å². The van der Waals surface area contributed by atoms with Gasteiger partial charge < -0.3 is 14.8 Å². The zero-order valence-corrected chi connectivity index (χ0v) is 15.4. The lowest BCUT2D eigenvalue weighted by molar-refractivity contribution is 0.306. The number of hydrogen-bond acceptors (Lipinski definition) is 3. The van der Waals surface area contributed by atoms with Crippen molar-refractivity contribution in [2.45, 2.75) is 26.2 Å². The van der Waals surface area contributed by atoms with E-state index in [1.54, 1.807) is 7.11 Å². The quantitative estimate of drug-likeness (QED) is 0.644. The fourth-order valence-electron chi connectivity index (χ4n) is 2.38. The van der Waals surface area contributed by atoms with Crippen molar-refractivity contribution in [2.75, 3.05) is 26.8 Å². The first-order valence-corrected chi connectivity index (χ1v) is 8.31. The van der Waals surface area contributed by atoms with Gasteiger partial charge in [0, 0.05) is 6.07 Å². The Kier molecular flexibility index (Phi) is 9.97. The molecule has 0 unspecified atom stereocenters. The minimum absolute atomic E-state index is 0. The smallest absolute Gasteiger partial charge is 0.122 e. The van der Waals surface area contributed by atoms with Gasteiger partial charge in [-0.2, -0.15) is 0 Å². The first-order chi connectivity index (χ1) is 11.3. The van der Waals surface area contributed by atoms with Crippen molar-refractivity contribution in [3.8, 4) is 11.5 Å². The number of nitrogens with one attached hydrogen (secondary N) is 1. The summed E-state index contributed by atoms with van der Waals surface area (Å²) in [5.41, 5.74) is 2.74. The Labute approximate surface area is 151 Å². The molecule has 0 aliphatic carbocycles. The van der Waals surface area contributed by atoms with E-state index in [1.165, 1.54) is 17.5 Å². The molecule has 0 saturated carbocycles. The molecule has 0 aromatic heterocycles. The predicted molar refractivity (Wildman–Crippen MR) is 103 cm³/mol. The molecule has 0 bridgehead atoms. The third-order valence-corrected chi connectivity index (χ3v) is 3.75. The average molecular weight is 350 g/mol. The van der Waals surface area contributed by atoms with Gasteiger partial charge in [0.15, 0.2) is 0 Å². The van der Waals surface area contributed by atoms with Crippen molar-refractivity contribution in [3.63, 3.8) is 0 Å². The number of methoxy groups -OCH3 is 1. The van der Waals surface area contributed by atoms with Crippen molar-refractivity contribution in [2.24, 2.45) is 0 Å². The summed E-state index contributed by atoms with van der Waals surface area (Å²) in [6, 6.07) is 16.5. The number of rotatable bonds is 10. The number of hydrogen-bond donors (Lipinski definition) is 1. The monoisotopic (exact) mass is 349 g/mol. The molecule has 0 radical (unpaired) electrons. The fourth-order valence-corrected chi connectivity index (χ4v) is 2.38. The van der Waals surface area contributed by atoms with Crippen LogP contribution in [0.4, 0.5) is 0 Å². The Morgan fingerprint density at radius 2 is 1.62 bits per heavy atom. The van der Waals surface area contributed by atoms with Crippen molar-refractivity contribution in [1.82, 2.24) is 5.32 Å². The number of benzene rings is 2. The van der Waals surface area contributed by atoms with Gasteiger partial charge in [-0.15, -0.1) is 12.4 Å². The first-order valence-electron chi connectivity index (χ1n) is 8.31. The van der Waals surface area contributed by atoms with Crippen LogP contribution >= 0.6 is 12.4 Å². The normalized spacial score (nSPS) is 10.1. The summed E-state index contributed by atoms with van der Waals surface area (Å²) in [6.07, 6.45) is 3.30. The number of aryl methyl sites for hydroxylation is 2. The van der Waals surface area contributed by atoms with Gasteiger partial charge in [0.25, 0.3) is 0 Å². The molecule has 0 heterocycles. The van der Waals surface area contributed by atoms with Crippen LogP contribution in [0, 0.1) is 6.92 Å². The lowest BCUT2D eigenvalue weighted by atomic mass is 10.1. The molecule has 0 aliphatic heterocycles. The van der Waals surface area contributed by atoms with Gasteiger partial charge in [0.1, 0.15) is 11.5 Å². The summed E-state index contributed by atoms with van der Waals surface area (Å²) in [4.78, 5) is 0. The molecule has 0 amide bonds. The largest absolute Gasteiger partial charge is 0.497 e. The maximum Gasteiger partial charge on any atom is 0.122 e. The molecular formula is C20H28ClNO2. The zero-order valence-electron chi connectivity index (χ0n) is 14.6.